The highest BCUT2D eigenvalue weighted by atomic mass is 16.2. The molecule has 2 amide bonds. The second-order valence-electron chi connectivity index (χ2n) is 5.06. The summed E-state index contributed by atoms with van der Waals surface area (Å²) in [5.74, 6) is 0.233. The molecule has 1 rings (SSSR count). The van der Waals surface area contributed by atoms with Crippen LogP contribution in [0.4, 0.5) is 0 Å². The molecule has 17 heavy (non-hydrogen) atoms. The minimum atomic E-state index is -0.392. The summed E-state index contributed by atoms with van der Waals surface area (Å²) < 4.78 is 0. The summed E-state index contributed by atoms with van der Waals surface area (Å²) in [6.45, 7) is 9.89. The van der Waals surface area contributed by atoms with Crippen molar-refractivity contribution in [3.63, 3.8) is 0 Å². The molecule has 0 aromatic carbocycles. The summed E-state index contributed by atoms with van der Waals surface area (Å²) in [6, 6.07) is -0.578. The van der Waals surface area contributed by atoms with E-state index in [0.29, 0.717) is 0 Å². The first-order chi connectivity index (χ1) is 7.93. The topological polar surface area (TPSA) is 49.4 Å². The van der Waals surface area contributed by atoms with Crippen LogP contribution in [0.1, 0.15) is 47.5 Å². The molecule has 1 aliphatic heterocycles. The van der Waals surface area contributed by atoms with Crippen LogP contribution in [0.5, 0.6) is 0 Å². The zero-order chi connectivity index (χ0) is 13.2. The van der Waals surface area contributed by atoms with Gasteiger partial charge >= 0.3 is 0 Å². The van der Waals surface area contributed by atoms with Crippen LogP contribution in [0.15, 0.2) is 0 Å². The van der Waals surface area contributed by atoms with Crippen LogP contribution in [-0.4, -0.2) is 34.8 Å². The Morgan fingerprint density at radius 3 is 2.29 bits per heavy atom. The summed E-state index contributed by atoms with van der Waals surface area (Å²) in [7, 11) is 0. The van der Waals surface area contributed by atoms with E-state index in [1.165, 1.54) is 0 Å². The van der Waals surface area contributed by atoms with E-state index < -0.39 is 6.04 Å². The standard InChI is InChI=1S/C13H24N2O2/c1-6-8(3)11-12(16)14-10(5)13(17)15(11)9(4)7-2/h8-11H,6-7H2,1-5H3,(H,14,16). The second-order valence-corrected chi connectivity index (χ2v) is 5.06. The minimum absolute atomic E-state index is 0.00764. The zero-order valence-corrected chi connectivity index (χ0v) is 11.5. The lowest BCUT2D eigenvalue weighted by atomic mass is 9.92. The predicted molar refractivity (Wildman–Crippen MR) is 67.4 cm³/mol. The van der Waals surface area contributed by atoms with Crippen LogP contribution in [0.25, 0.3) is 0 Å². The summed E-state index contributed by atoms with van der Waals surface area (Å²) in [6.07, 6.45) is 1.77. The van der Waals surface area contributed by atoms with Crippen molar-refractivity contribution in [2.24, 2.45) is 5.92 Å². The third kappa shape index (κ3) is 2.61. The summed E-state index contributed by atoms with van der Waals surface area (Å²) >= 11 is 0. The SMILES string of the molecule is CCC(C)C1C(=O)NC(C)C(=O)N1C(C)CC. The van der Waals surface area contributed by atoms with Crippen LogP contribution >= 0.6 is 0 Å². The van der Waals surface area contributed by atoms with Gasteiger partial charge in [-0.15, -0.1) is 0 Å². The summed E-state index contributed by atoms with van der Waals surface area (Å²) in [5, 5.41) is 2.77. The minimum Gasteiger partial charge on any atom is -0.343 e. The molecule has 1 N–H and O–H groups in total. The molecule has 4 unspecified atom stereocenters. The van der Waals surface area contributed by atoms with Gasteiger partial charge in [0.05, 0.1) is 0 Å². The maximum absolute atomic E-state index is 12.2. The molecule has 4 heteroatoms. The van der Waals surface area contributed by atoms with Crippen molar-refractivity contribution in [2.45, 2.75) is 65.6 Å². The van der Waals surface area contributed by atoms with E-state index in [1.807, 2.05) is 20.8 Å². The van der Waals surface area contributed by atoms with Crippen LogP contribution in [0.3, 0.4) is 0 Å². The number of hydrogen-bond acceptors (Lipinski definition) is 2. The van der Waals surface area contributed by atoms with Gasteiger partial charge in [0.1, 0.15) is 12.1 Å². The molecular formula is C13H24N2O2. The van der Waals surface area contributed by atoms with Crippen molar-refractivity contribution in [1.29, 1.82) is 0 Å². The Balaban J connectivity index is 3.03. The highest BCUT2D eigenvalue weighted by Gasteiger charge is 2.42. The smallest absolute Gasteiger partial charge is 0.245 e. The Kier molecular flexibility index (Phi) is 4.54. The Bertz CT molecular complexity index is 304. The molecular weight excluding hydrogens is 216 g/mol. The van der Waals surface area contributed by atoms with Crippen molar-refractivity contribution in [2.75, 3.05) is 0 Å². The van der Waals surface area contributed by atoms with E-state index >= 15 is 0 Å². The quantitative estimate of drug-likeness (QED) is 0.810. The van der Waals surface area contributed by atoms with Gasteiger partial charge in [-0.25, -0.2) is 0 Å². The molecule has 0 bridgehead atoms. The number of amides is 2. The van der Waals surface area contributed by atoms with E-state index in [1.54, 1.807) is 11.8 Å². The number of carbonyl (C=O) groups is 2. The zero-order valence-electron chi connectivity index (χ0n) is 11.5. The average molecular weight is 240 g/mol. The van der Waals surface area contributed by atoms with Gasteiger partial charge in [-0.2, -0.15) is 0 Å². The van der Waals surface area contributed by atoms with Gasteiger partial charge in [0.25, 0.3) is 0 Å². The third-order valence-electron chi connectivity index (χ3n) is 3.80. The Morgan fingerprint density at radius 2 is 1.82 bits per heavy atom. The lowest BCUT2D eigenvalue weighted by molar-refractivity contribution is -0.153. The van der Waals surface area contributed by atoms with Crippen LogP contribution in [-0.2, 0) is 9.59 Å². The molecule has 1 fully saturated rings. The molecule has 98 valence electrons. The third-order valence-corrected chi connectivity index (χ3v) is 3.80. The maximum atomic E-state index is 12.2. The largest absolute Gasteiger partial charge is 0.343 e. The summed E-state index contributed by atoms with van der Waals surface area (Å²) in [4.78, 5) is 26.1. The van der Waals surface area contributed by atoms with Crippen LogP contribution in [0.2, 0.25) is 0 Å². The van der Waals surface area contributed by atoms with E-state index in [4.69, 9.17) is 0 Å². The molecule has 1 aliphatic rings. The Morgan fingerprint density at radius 1 is 1.24 bits per heavy atom. The van der Waals surface area contributed by atoms with E-state index in [0.717, 1.165) is 12.8 Å². The number of nitrogens with zero attached hydrogens (tertiary/aromatic N) is 1. The van der Waals surface area contributed by atoms with E-state index in [9.17, 15) is 9.59 Å². The van der Waals surface area contributed by atoms with Crippen molar-refractivity contribution in [3.05, 3.63) is 0 Å². The highest BCUT2D eigenvalue weighted by Crippen LogP contribution is 2.23. The van der Waals surface area contributed by atoms with Crippen LogP contribution < -0.4 is 5.32 Å². The van der Waals surface area contributed by atoms with Gasteiger partial charge in [-0.1, -0.05) is 27.2 Å². The molecule has 0 aromatic heterocycles. The maximum Gasteiger partial charge on any atom is 0.245 e. The first-order valence-electron chi connectivity index (χ1n) is 6.56. The summed E-state index contributed by atoms with van der Waals surface area (Å²) in [5.41, 5.74) is 0. The van der Waals surface area contributed by atoms with Crippen LogP contribution in [0, 0.1) is 5.92 Å². The number of piperazine rings is 1. The number of hydrogen-bond donors (Lipinski definition) is 1. The normalized spacial score (nSPS) is 28.9. The van der Waals surface area contributed by atoms with Gasteiger partial charge in [0.15, 0.2) is 0 Å². The molecule has 0 radical (unpaired) electrons. The monoisotopic (exact) mass is 240 g/mol. The molecule has 1 saturated heterocycles. The van der Waals surface area contributed by atoms with Crippen molar-refractivity contribution in [3.8, 4) is 0 Å². The van der Waals surface area contributed by atoms with Gasteiger partial charge < -0.3 is 10.2 Å². The fraction of sp³-hybridized carbons (Fsp3) is 0.846. The van der Waals surface area contributed by atoms with Gasteiger partial charge in [-0.3, -0.25) is 9.59 Å². The number of rotatable bonds is 4. The second kappa shape index (κ2) is 5.52. The molecule has 0 aliphatic carbocycles. The molecule has 0 saturated carbocycles. The van der Waals surface area contributed by atoms with Gasteiger partial charge in [0, 0.05) is 6.04 Å². The van der Waals surface area contributed by atoms with Crippen molar-refractivity contribution >= 4 is 11.8 Å². The lowest BCUT2D eigenvalue weighted by Crippen LogP contribution is -2.66. The van der Waals surface area contributed by atoms with Gasteiger partial charge in [0.2, 0.25) is 11.8 Å². The molecule has 4 nitrogen and oxygen atoms in total. The number of nitrogens with one attached hydrogen (secondary N) is 1. The van der Waals surface area contributed by atoms with E-state index in [2.05, 4.69) is 12.2 Å². The van der Waals surface area contributed by atoms with Crippen molar-refractivity contribution < 1.29 is 9.59 Å². The van der Waals surface area contributed by atoms with Gasteiger partial charge in [-0.05, 0) is 26.2 Å². The highest BCUT2D eigenvalue weighted by molar-refractivity contribution is 5.97. The Hall–Kier alpha value is -1.06. The first kappa shape index (κ1) is 14.0. The number of carbonyl (C=O) groups excluding carboxylic acids is 2. The molecule has 0 aromatic rings. The Labute approximate surface area is 104 Å². The molecule has 0 spiro atoms. The fourth-order valence-electron chi connectivity index (χ4n) is 2.29. The lowest BCUT2D eigenvalue weighted by Gasteiger charge is -2.43. The molecule has 4 atom stereocenters. The van der Waals surface area contributed by atoms with E-state index in [-0.39, 0.29) is 29.8 Å². The first-order valence-corrected chi connectivity index (χ1v) is 6.56. The average Bonchev–Trinajstić information content (AvgIpc) is 2.31. The predicted octanol–water partition coefficient (Wildman–Crippen LogP) is 1.55. The van der Waals surface area contributed by atoms with Crippen molar-refractivity contribution in [1.82, 2.24) is 10.2 Å². The fourth-order valence-corrected chi connectivity index (χ4v) is 2.29. The molecule has 1 heterocycles.